The molecular formula is C28H45NO4. The lowest BCUT2D eigenvalue weighted by Gasteiger charge is -2.44. The maximum Gasteiger partial charge on any atom is 0.116 e. The average Bonchev–Trinajstić information content (AvgIpc) is 3.13. The Morgan fingerprint density at radius 2 is 2.09 bits per heavy atom. The van der Waals surface area contributed by atoms with Crippen molar-refractivity contribution >= 4 is 5.71 Å². The first kappa shape index (κ1) is 26.2. The highest BCUT2D eigenvalue weighted by atomic mass is 16.6. The van der Waals surface area contributed by atoms with E-state index in [1.807, 2.05) is 6.92 Å². The molecule has 3 rings (SSSR count). The second-order valence-electron chi connectivity index (χ2n) is 10.8. The number of oxime groups is 1. The van der Waals surface area contributed by atoms with Crippen LogP contribution in [0.2, 0.25) is 0 Å². The summed E-state index contributed by atoms with van der Waals surface area (Å²) in [6.45, 7) is 14.9. The largest absolute Gasteiger partial charge is 0.396 e. The fraction of sp³-hybridized carbons (Fsp3) is 0.750. The number of fused-ring (bicyclic) bond motifs is 1. The van der Waals surface area contributed by atoms with E-state index in [0.29, 0.717) is 49.2 Å². The van der Waals surface area contributed by atoms with Crippen LogP contribution in [0.5, 0.6) is 0 Å². The molecule has 0 bridgehead atoms. The Kier molecular flexibility index (Phi) is 9.37. The summed E-state index contributed by atoms with van der Waals surface area (Å²) in [4.78, 5) is 5.25. The van der Waals surface area contributed by atoms with Crippen molar-refractivity contribution in [3.8, 4) is 0 Å². The van der Waals surface area contributed by atoms with Crippen LogP contribution in [0.4, 0.5) is 0 Å². The summed E-state index contributed by atoms with van der Waals surface area (Å²) in [6, 6.07) is 0. The first-order chi connectivity index (χ1) is 15.8. The van der Waals surface area contributed by atoms with Gasteiger partial charge in [0.15, 0.2) is 0 Å². The third-order valence-electron chi connectivity index (χ3n) is 8.20. The minimum atomic E-state index is -0.626. The number of rotatable bonds is 9. The van der Waals surface area contributed by atoms with Crippen molar-refractivity contribution in [2.75, 3.05) is 19.8 Å². The van der Waals surface area contributed by atoms with Crippen LogP contribution in [-0.2, 0) is 9.57 Å². The molecule has 0 aromatic carbocycles. The van der Waals surface area contributed by atoms with E-state index in [1.165, 1.54) is 31.3 Å². The monoisotopic (exact) mass is 459 g/mol. The minimum Gasteiger partial charge on any atom is -0.396 e. The van der Waals surface area contributed by atoms with Gasteiger partial charge in [0, 0.05) is 13.0 Å². The van der Waals surface area contributed by atoms with Crippen molar-refractivity contribution in [1.29, 1.82) is 0 Å². The molecule has 0 aliphatic heterocycles. The second kappa shape index (κ2) is 11.8. The van der Waals surface area contributed by atoms with E-state index < -0.39 is 12.2 Å². The molecule has 5 nitrogen and oxygen atoms in total. The molecule has 6 atom stereocenters. The third kappa shape index (κ3) is 6.37. The standard InChI is InChI=1S/C28H45NO4/c1-6-14-33-29-20(3)18-32-17-19(2)25-11-12-26-22(8-7-13-28(25,26)5)9-10-23-15-24(30)16-27(31)21(23)4/h9-10,19,24-27,30-31H,4,6-8,11-18H2,1-3,5H3/t19-,24-,25-,26+,27+,28-/m1/s1. The summed E-state index contributed by atoms with van der Waals surface area (Å²) < 4.78 is 6.02. The van der Waals surface area contributed by atoms with E-state index >= 15 is 0 Å². The minimum absolute atomic E-state index is 0.307. The van der Waals surface area contributed by atoms with Gasteiger partial charge in [-0.05, 0) is 86.2 Å². The topological polar surface area (TPSA) is 71.3 Å². The number of nitrogens with zero attached hydrogens (tertiary/aromatic N) is 1. The van der Waals surface area contributed by atoms with E-state index in [2.05, 4.69) is 44.7 Å². The van der Waals surface area contributed by atoms with E-state index in [0.717, 1.165) is 36.3 Å². The SMILES string of the molecule is C=C1C(=CC=C2CCC[C@]3(C)[C@@H]([C@H](C)COCC(C)=NOCCC)CC[C@@H]23)C[C@@H](O)C[C@@H]1O. The number of hydrogen-bond donors (Lipinski definition) is 2. The zero-order chi connectivity index (χ0) is 24.0. The van der Waals surface area contributed by atoms with Gasteiger partial charge in [0.25, 0.3) is 0 Å². The summed E-state index contributed by atoms with van der Waals surface area (Å²) in [7, 11) is 0. The summed E-state index contributed by atoms with van der Waals surface area (Å²) in [5.41, 5.74) is 4.50. The molecule has 0 heterocycles. The maximum absolute atomic E-state index is 10.2. The molecule has 0 saturated heterocycles. The van der Waals surface area contributed by atoms with E-state index in [1.54, 1.807) is 0 Å². The molecule has 0 aromatic rings. The molecule has 3 fully saturated rings. The lowest BCUT2D eigenvalue weighted by atomic mass is 9.61. The first-order valence-electron chi connectivity index (χ1n) is 12.9. The average molecular weight is 460 g/mol. The Labute approximate surface area is 200 Å². The number of ether oxygens (including phenoxy) is 1. The first-order valence-corrected chi connectivity index (χ1v) is 12.9. The second-order valence-corrected chi connectivity index (χ2v) is 10.8. The van der Waals surface area contributed by atoms with Gasteiger partial charge >= 0.3 is 0 Å². The van der Waals surface area contributed by atoms with Gasteiger partial charge in [-0.15, -0.1) is 0 Å². The van der Waals surface area contributed by atoms with Crippen molar-refractivity contribution < 1.29 is 19.8 Å². The molecule has 0 radical (unpaired) electrons. The summed E-state index contributed by atoms with van der Waals surface area (Å²) in [5.74, 6) is 1.76. The molecule has 0 amide bonds. The van der Waals surface area contributed by atoms with Crippen LogP contribution in [0.15, 0.2) is 40.6 Å². The summed E-state index contributed by atoms with van der Waals surface area (Å²) in [5, 5.41) is 24.3. The predicted octanol–water partition coefficient (Wildman–Crippen LogP) is 5.58. The maximum atomic E-state index is 10.2. The highest BCUT2D eigenvalue weighted by Gasteiger charge is 2.50. The normalized spacial score (nSPS) is 36.3. The molecule has 0 unspecified atom stereocenters. The molecule has 3 saturated carbocycles. The molecule has 186 valence electrons. The van der Waals surface area contributed by atoms with Crippen molar-refractivity contribution in [2.45, 2.75) is 91.3 Å². The van der Waals surface area contributed by atoms with Gasteiger partial charge in [-0.2, -0.15) is 0 Å². The number of aliphatic hydroxyl groups excluding tert-OH is 2. The van der Waals surface area contributed by atoms with Gasteiger partial charge in [-0.3, -0.25) is 0 Å². The molecule has 5 heteroatoms. The fourth-order valence-corrected chi connectivity index (χ4v) is 6.46. The quantitative estimate of drug-likeness (QED) is 0.268. The Balaban J connectivity index is 1.62. The Morgan fingerprint density at radius 3 is 2.85 bits per heavy atom. The van der Waals surface area contributed by atoms with Gasteiger partial charge in [0.2, 0.25) is 0 Å². The number of aliphatic hydroxyl groups is 2. The molecular weight excluding hydrogens is 414 g/mol. The molecule has 33 heavy (non-hydrogen) atoms. The Morgan fingerprint density at radius 1 is 1.30 bits per heavy atom. The van der Waals surface area contributed by atoms with Gasteiger partial charge in [-0.25, -0.2) is 0 Å². The lowest BCUT2D eigenvalue weighted by Crippen LogP contribution is -2.37. The van der Waals surface area contributed by atoms with Crippen LogP contribution < -0.4 is 0 Å². The number of hydrogen-bond acceptors (Lipinski definition) is 5. The zero-order valence-corrected chi connectivity index (χ0v) is 21.2. The highest BCUT2D eigenvalue weighted by molar-refractivity contribution is 5.82. The van der Waals surface area contributed by atoms with Gasteiger partial charge in [0.1, 0.15) is 6.61 Å². The Bertz CT molecular complexity index is 770. The van der Waals surface area contributed by atoms with Gasteiger partial charge < -0.3 is 19.8 Å². The van der Waals surface area contributed by atoms with Crippen LogP contribution >= 0.6 is 0 Å². The van der Waals surface area contributed by atoms with Gasteiger partial charge in [0.05, 0.1) is 24.5 Å². The molecule has 0 aromatic heterocycles. The van der Waals surface area contributed by atoms with Crippen LogP contribution in [-0.4, -0.2) is 48.0 Å². The van der Waals surface area contributed by atoms with Crippen molar-refractivity contribution in [3.05, 3.63) is 35.5 Å². The van der Waals surface area contributed by atoms with Crippen LogP contribution in [0.1, 0.15) is 79.1 Å². The third-order valence-corrected chi connectivity index (χ3v) is 8.20. The molecule has 0 spiro atoms. The van der Waals surface area contributed by atoms with Crippen LogP contribution in [0, 0.1) is 23.2 Å². The Hall–Kier alpha value is -1.43. The zero-order valence-electron chi connectivity index (χ0n) is 21.2. The highest BCUT2D eigenvalue weighted by Crippen LogP contribution is 2.59. The molecule has 2 N–H and O–H groups in total. The van der Waals surface area contributed by atoms with Crippen molar-refractivity contribution in [2.24, 2.45) is 28.3 Å². The molecule has 3 aliphatic carbocycles. The summed E-state index contributed by atoms with van der Waals surface area (Å²) >= 11 is 0. The van der Waals surface area contributed by atoms with E-state index in [-0.39, 0.29) is 0 Å². The fourth-order valence-electron chi connectivity index (χ4n) is 6.46. The number of allylic oxidation sites excluding steroid dienone is 3. The van der Waals surface area contributed by atoms with E-state index in [4.69, 9.17) is 9.57 Å². The van der Waals surface area contributed by atoms with Gasteiger partial charge in [-0.1, -0.05) is 50.2 Å². The predicted molar refractivity (Wildman–Crippen MR) is 134 cm³/mol. The smallest absolute Gasteiger partial charge is 0.116 e. The van der Waals surface area contributed by atoms with Crippen molar-refractivity contribution in [1.82, 2.24) is 0 Å². The summed E-state index contributed by atoms with van der Waals surface area (Å²) in [6.07, 6.45) is 11.4. The lowest BCUT2D eigenvalue weighted by molar-refractivity contribution is 0.0446. The molecule has 3 aliphatic rings. The van der Waals surface area contributed by atoms with Crippen LogP contribution in [0.3, 0.4) is 0 Å². The van der Waals surface area contributed by atoms with Crippen molar-refractivity contribution in [3.63, 3.8) is 0 Å². The van der Waals surface area contributed by atoms with E-state index in [9.17, 15) is 10.2 Å². The van der Waals surface area contributed by atoms with Crippen LogP contribution in [0.25, 0.3) is 0 Å².